The Balaban J connectivity index is 1.27. The molecule has 372 valence electrons. The van der Waals surface area contributed by atoms with Gasteiger partial charge in [-0.2, -0.15) is 0 Å². The molecule has 4 rings (SSSR count). The molecule has 0 spiro atoms. The fourth-order valence-electron chi connectivity index (χ4n) is 7.51. The zero-order valence-electron chi connectivity index (χ0n) is 39.7. The summed E-state index contributed by atoms with van der Waals surface area (Å²) < 4.78 is 35.3. The third-order valence-corrected chi connectivity index (χ3v) is 11.3. The van der Waals surface area contributed by atoms with Crippen LogP contribution in [-0.4, -0.2) is 71.8 Å². The lowest BCUT2D eigenvalue weighted by molar-refractivity contribution is -0.135. The van der Waals surface area contributed by atoms with E-state index in [1.165, 1.54) is 75.9 Å². The number of rotatable bonds is 33. The number of hydrogen-bond acceptors (Lipinski definition) is 15. The monoisotopic (exact) mass is 957 g/mol. The molecule has 4 aromatic rings. The van der Waals surface area contributed by atoms with Crippen LogP contribution in [0.2, 0.25) is 0 Å². The van der Waals surface area contributed by atoms with Crippen LogP contribution in [0.4, 0.5) is 0 Å². The second-order valence-electron chi connectivity index (χ2n) is 16.4. The lowest BCUT2D eigenvalue weighted by Gasteiger charge is -2.14. The van der Waals surface area contributed by atoms with Crippen molar-refractivity contribution in [2.75, 3.05) is 21.3 Å². The van der Waals surface area contributed by atoms with Gasteiger partial charge in [-0.3, -0.25) is 28.8 Å². The summed E-state index contributed by atoms with van der Waals surface area (Å²) in [6, 6.07) is 13.6. The highest BCUT2D eigenvalue weighted by atomic mass is 16.6. The number of methoxy groups -OCH3 is 3. The molecule has 0 saturated heterocycles. The van der Waals surface area contributed by atoms with E-state index in [9.17, 15) is 43.2 Å². The molecule has 0 amide bonds. The van der Waals surface area contributed by atoms with E-state index in [1.807, 2.05) is 0 Å². The molecule has 0 N–H and O–H groups in total. The SMILES string of the molecule is COc1cc(C=O)ccc1OC(=O)CCCCCCCn1c(=O)n(CCCCCCCC(=O)Oc2ccc(C=O)cc2OC)c(=O)n(CCCCCCCC(=O)Oc2ccc(C=O)cc2OC)c1=O. The maximum absolute atomic E-state index is 13.7. The molecule has 0 aliphatic rings. The van der Waals surface area contributed by atoms with E-state index in [1.54, 1.807) is 0 Å². The molecule has 0 aliphatic carbocycles. The quantitative estimate of drug-likeness (QED) is 0.0195. The molecular weight excluding hydrogens is 895 g/mol. The topological polar surface area (TPSA) is 224 Å². The van der Waals surface area contributed by atoms with Crippen LogP contribution < -0.4 is 45.5 Å². The van der Waals surface area contributed by atoms with Gasteiger partial charge in [0.05, 0.1) is 21.3 Å². The Morgan fingerprint density at radius 2 is 0.623 bits per heavy atom. The maximum Gasteiger partial charge on any atom is 0.336 e. The van der Waals surface area contributed by atoms with Crippen molar-refractivity contribution in [2.45, 2.75) is 135 Å². The van der Waals surface area contributed by atoms with Crippen molar-refractivity contribution in [1.82, 2.24) is 13.7 Å². The molecule has 18 heteroatoms. The average molecular weight is 958 g/mol. The van der Waals surface area contributed by atoms with Gasteiger partial charge in [0.15, 0.2) is 34.5 Å². The van der Waals surface area contributed by atoms with Gasteiger partial charge in [-0.1, -0.05) is 57.8 Å². The third kappa shape index (κ3) is 17.5. The third-order valence-electron chi connectivity index (χ3n) is 11.3. The second-order valence-corrected chi connectivity index (χ2v) is 16.4. The van der Waals surface area contributed by atoms with Gasteiger partial charge in [-0.25, -0.2) is 28.1 Å². The summed E-state index contributed by atoms with van der Waals surface area (Å²) in [7, 11) is 4.25. The minimum Gasteiger partial charge on any atom is -0.493 e. The standard InChI is InChI=1S/C51H63N3O15/c1-64-43-31-37(34-55)22-25-40(43)67-46(58)19-13-7-4-10-16-28-52-49(61)53(29-17-11-5-8-14-20-47(59)68-41-26-23-38(35-56)32-44(41)65-2)51(63)54(50(52)62)30-18-12-6-9-15-21-48(60)69-42-27-24-39(36-57)33-45(42)66-3/h22-27,31-36H,4-21,28-30H2,1-3H3. The fourth-order valence-corrected chi connectivity index (χ4v) is 7.51. The van der Waals surface area contributed by atoms with Gasteiger partial charge in [0.2, 0.25) is 0 Å². The first kappa shape index (κ1) is 54.5. The van der Waals surface area contributed by atoms with Gasteiger partial charge in [0.1, 0.15) is 18.9 Å². The number of aldehydes is 3. The maximum atomic E-state index is 13.7. The lowest BCUT2D eigenvalue weighted by atomic mass is 10.1. The first-order valence-corrected chi connectivity index (χ1v) is 23.4. The smallest absolute Gasteiger partial charge is 0.336 e. The van der Waals surface area contributed by atoms with Gasteiger partial charge >= 0.3 is 35.0 Å². The Kier molecular flexibility index (Phi) is 23.4. The zero-order chi connectivity index (χ0) is 50.0. The number of ether oxygens (including phenoxy) is 6. The van der Waals surface area contributed by atoms with Crippen molar-refractivity contribution < 1.29 is 57.2 Å². The molecule has 0 unspecified atom stereocenters. The fraction of sp³-hybridized carbons (Fsp3) is 0.471. The molecule has 1 heterocycles. The predicted octanol–water partition coefficient (Wildman–Crippen LogP) is 7.47. The number of benzene rings is 3. The Labute approximate surface area is 400 Å². The van der Waals surface area contributed by atoms with E-state index in [0.717, 1.165) is 33.0 Å². The van der Waals surface area contributed by atoms with Gasteiger partial charge in [0, 0.05) is 55.6 Å². The number of carbonyl (C=O) groups excluding carboxylic acids is 6. The van der Waals surface area contributed by atoms with Crippen molar-refractivity contribution >= 4 is 36.8 Å². The van der Waals surface area contributed by atoms with Crippen molar-refractivity contribution in [2.24, 2.45) is 0 Å². The van der Waals surface area contributed by atoms with E-state index < -0.39 is 35.0 Å². The molecule has 3 aromatic carbocycles. The van der Waals surface area contributed by atoms with Crippen LogP contribution in [0, 0.1) is 0 Å². The van der Waals surface area contributed by atoms with E-state index in [-0.39, 0.29) is 73.4 Å². The van der Waals surface area contributed by atoms with Crippen LogP contribution in [0.15, 0.2) is 69.0 Å². The highest BCUT2D eigenvalue weighted by Gasteiger charge is 2.17. The van der Waals surface area contributed by atoms with Gasteiger partial charge in [-0.05, 0) is 93.1 Å². The average Bonchev–Trinajstić information content (AvgIpc) is 3.35. The molecule has 0 atom stereocenters. The molecule has 1 aromatic heterocycles. The number of carbonyl (C=O) groups is 6. The summed E-state index contributed by atoms with van der Waals surface area (Å²) in [4.78, 5) is 112. The number of nitrogens with zero attached hydrogens (tertiary/aromatic N) is 3. The molecule has 0 bridgehead atoms. The molecule has 0 fully saturated rings. The molecule has 69 heavy (non-hydrogen) atoms. The Morgan fingerprint density at radius 1 is 0.377 bits per heavy atom. The molecular formula is C51H63N3O15. The summed E-state index contributed by atoms with van der Waals surface area (Å²) >= 11 is 0. The number of aromatic nitrogens is 3. The van der Waals surface area contributed by atoms with E-state index in [2.05, 4.69) is 0 Å². The summed E-state index contributed by atoms with van der Waals surface area (Å²) in [5, 5.41) is 0. The van der Waals surface area contributed by atoms with Gasteiger partial charge < -0.3 is 28.4 Å². The highest BCUT2D eigenvalue weighted by molar-refractivity contribution is 5.80. The van der Waals surface area contributed by atoms with E-state index >= 15 is 0 Å². The minimum atomic E-state index is -0.663. The highest BCUT2D eigenvalue weighted by Crippen LogP contribution is 2.30. The first-order chi connectivity index (χ1) is 33.5. The summed E-state index contributed by atoms with van der Waals surface area (Å²) in [5.74, 6) is 0.183. The lowest BCUT2D eigenvalue weighted by Crippen LogP contribution is -2.54. The molecule has 18 nitrogen and oxygen atoms in total. The molecule has 0 radical (unpaired) electrons. The van der Waals surface area contributed by atoms with Crippen molar-refractivity contribution in [1.29, 1.82) is 0 Å². The van der Waals surface area contributed by atoms with Crippen LogP contribution in [-0.2, 0) is 34.0 Å². The Morgan fingerprint density at radius 3 is 0.870 bits per heavy atom. The van der Waals surface area contributed by atoms with Crippen LogP contribution in [0.5, 0.6) is 34.5 Å². The van der Waals surface area contributed by atoms with Crippen LogP contribution in [0.1, 0.15) is 147 Å². The summed E-state index contributed by atoms with van der Waals surface area (Å²) in [6.45, 7) is 0.342. The minimum absolute atomic E-state index is 0.114. The van der Waals surface area contributed by atoms with Crippen LogP contribution in [0.3, 0.4) is 0 Å². The van der Waals surface area contributed by atoms with Gasteiger partial charge in [0.25, 0.3) is 0 Å². The van der Waals surface area contributed by atoms with Crippen molar-refractivity contribution in [3.8, 4) is 34.5 Å². The van der Waals surface area contributed by atoms with E-state index in [0.29, 0.717) is 113 Å². The summed E-state index contributed by atoms with van der Waals surface area (Å²) in [5.41, 5.74) is -0.816. The Bertz CT molecular complexity index is 2240. The first-order valence-electron chi connectivity index (χ1n) is 23.4. The van der Waals surface area contributed by atoms with Crippen molar-refractivity contribution in [3.05, 3.63) is 103 Å². The normalized spacial score (nSPS) is 10.8. The second kappa shape index (κ2) is 29.6. The Hall–Kier alpha value is -7.11. The number of esters is 3. The van der Waals surface area contributed by atoms with Crippen molar-refractivity contribution in [3.63, 3.8) is 0 Å². The van der Waals surface area contributed by atoms with Crippen LogP contribution >= 0.6 is 0 Å². The zero-order valence-corrected chi connectivity index (χ0v) is 39.7. The van der Waals surface area contributed by atoms with Gasteiger partial charge in [-0.15, -0.1) is 0 Å². The summed E-state index contributed by atoms with van der Waals surface area (Å²) in [6.07, 6.45) is 12.0. The number of hydrogen-bond donors (Lipinski definition) is 0. The van der Waals surface area contributed by atoms with Crippen LogP contribution in [0.25, 0.3) is 0 Å². The molecule has 0 saturated carbocycles. The number of unbranched alkanes of at least 4 members (excludes halogenated alkanes) is 12. The largest absolute Gasteiger partial charge is 0.493 e. The van der Waals surface area contributed by atoms with E-state index in [4.69, 9.17) is 28.4 Å². The predicted molar refractivity (Wildman–Crippen MR) is 254 cm³/mol. The molecule has 0 aliphatic heterocycles.